The monoisotopic (exact) mass is 404 g/mol. The quantitative estimate of drug-likeness (QED) is 0.318. The molecule has 0 heterocycles. The van der Waals surface area contributed by atoms with Gasteiger partial charge in [0.25, 0.3) is 0 Å². The van der Waals surface area contributed by atoms with Crippen molar-refractivity contribution in [3.63, 3.8) is 0 Å². The molecule has 0 aliphatic rings. The third kappa shape index (κ3) is 8.14. The van der Waals surface area contributed by atoms with Crippen LogP contribution in [0.3, 0.4) is 0 Å². The Labute approximate surface area is 146 Å². The maximum absolute atomic E-state index is 4.19. The summed E-state index contributed by atoms with van der Waals surface area (Å²) in [6.07, 6.45) is 3.30. The molecule has 120 valence electrons. The number of nitrogens with one attached hydrogen (secondary N) is 2. The van der Waals surface area contributed by atoms with Crippen LogP contribution in [0.25, 0.3) is 0 Å². The van der Waals surface area contributed by atoms with Crippen molar-refractivity contribution >= 4 is 35.6 Å². The minimum Gasteiger partial charge on any atom is -0.378 e. The Hall–Kier alpha value is -0.980. The molecule has 1 aromatic rings. The number of aryl methyl sites for hydroxylation is 1. The van der Waals surface area contributed by atoms with E-state index < -0.39 is 0 Å². The fourth-order valence-electron chi connectivity index (χ4n) is 1.92. The average Bonchev–Trinajstić information content (AvgIpc) is 2.47. The Morgan fingerprint density at radius 1 is 1.10 bits per heavy atom. The first-order valence-corrected chi connectivity index (χ1v) is 7.38. The highest BCUT2D eigenvalue weighted by Crippen LogP contribution is 2.13. The molecule has 21 heavy (non-hydrogen) atoms. The van der Waals surface area contributed by atoms with Crippen LogP contribution in [-0.4, -0.2) is 40.2 Å². The number of nitrogens with zero attached hydrogens (tertiary/aromatic N) is 2. The number of anilines is 1. The Morgan fingerprint density at radius 3 is 2.24 bits per heavy atom. The van der Waals surface area contributed by atoms with Gasteiger partial charge in [-0.25, -0.2) is 0 Å². The Morgan fingerprint density at radius 2 is 1.71 bits per heavy atom. The molecular formula is C16H29IN4. The van der Waals surface area contributed by atoms with Crippen molar-refractivity contribution < 1.29 is 0 Å². The Balaban J connectivity index is 0.00000400. The van der Waals surface area contributed by atoms with Crippen LogP contribution in [0, 0.1) is 0 Å². The lowest BCUT2D eigenvalue weighted by molar-refractivity contribution is 0.735. The van der Waals surface area contributed by atoms with E-state index in [-0.39, 0.29) is 24.0 Å². The fourth-order valence-corrected chi connectivity index (χ4v) is 1.92. The first-order chi connectivity index (χ1) is 9.67. The molecule has 0 aliphatic carbocycles. The zero-order valence-corrected chi connectivity index (χ0v) is 16.0. The van der Waals surface area contributed by atoms with Gasteiger partial charge >= 0.3 is 0 Å². The second kappa shape index (κ2) is 11.7. The summed E-state index contributed by atoms with van der Waals surface area (Å²) < 4.78 is 0. The van der Waals surface area contributed by atoms with Crippen LogP contribution in [0.15, 0.2) is 29.3 Å². The van der Waals surface area contributed by atoms with E-state index in [2.05, 4.69) is 65.8 Å². The molecule has 1 rings (SSSR count). The molecule has 4 nitrogen and oxygen atoms in total. The second-order valence-electron chi connectivity index (χ2n) is 5.09. The van der Waals surface area contributed by atoms with Crippen molar-refractivity contribution in [3.8, 4) is 0 Å². The summed E-state index contributed by atoms with van der Waals surface area (Å²) in [4.78, 5) is 6.31. The molecule has 0 unspecified atom stereocenters. The first kappa shape index (κ1) is 20.0. The van der Waals surface area contributed by atoms with E-state index in [4.69, 9.17) is 0 Å². The van der Waals surface area contributed by atoms with E-state index in [0.29, 0.717) is 0 Å². The third-order valence-electron chi connectivity index (χ3n) is 3.15. The van der Waals surface area contributed by atoms with E-state index in [1.54, 1.807) is 0 Å². The lowest BCUT2D eigenvalue weighted by Crippen LogP contribution is -2.38. The van der Waals surface area contributed by atoms with Gasteiger partial charge in [0.2, 0.25) is 0 Å². The van der Waals surface area contributed by atoms with Gasteiger partial charge in [-0.05, 0) is 37.0 Å². The molecule has 5 heteroatoms. The van der Waals surface area contributed by atoms with Crippen molar-refractivity contribution in [2.24, 2.45) is 4.99 Å². The van der Waals surface area contributed by atoms with Gasteiger partial charge in [-0.2, -0.15) is 0 Å². The largest absolute Gasteiger partial charge is 0.378 e. The van der Waals surface area contributed by atoms with Crippen molar-refractivity contribution in [1.82, 2.24) is 10.6 Å². The molecule has 0 bridgehead atoms. The van der Waals surface area contributed by atoms with Gasteiger partial charge in [0.1, 0.15) is 0 Å². The summed E-state index contributed by atoms with van der Waals surface area (Å²) in [5.74, 6) is 0.898. The molecule has 2 N–H and O–H groups in total. The third-order valence-corrected chi connectivity index (χ3v) is 3.15. The number of halogens is 1. The summed E-state index contributed by atoms with van der Waals surface area (Å²) >= 11 is 0. The van der Waals surface area contributed by atoms with Crippen LogP contribution in [-0.2, 0) is 6.42 Å². The van der Waals surface area contributed by atoms with Crippen LogP contribution < -0.4 is 15.5 Å². The van der Waals surface area contributed by atoms with Crippen molar-refractivity contribution in [3.05, 3.63) is 29.8 Å². The number of guanidine groups is 1. The van der Waals surface area contributed by atoms with Gasteiger partial charge < -0.3 is 15.5 Å². The number of rotatable bonds is 7. The molecule has 0 saturated carbocycles. The molecule has 0 radical (unpaired) electrons. The highest BCUT2D eigenvalue weighted by Gasteiger charge is 1.98. The van der Waals surface area contributed by atoms with E-state index in [1.807, 2.05) is 7.05 Å². The van der Waals surface area contributed by atoms with E-state index in [1.165, 1.54) is 11.3 Å². The molecule has 0 atom stereocenters. The lowest BCUT2D eigenvalue weighted by Gasteiger charge is -2.13. The van der Waals surface area contributed by atoms with E-state index in [0.717, 1.165) is 38.3 Å². The minimum atomic E-state index is 0. The summed E-state index contributed by atoms with van der Waals surface area (Å²) in [5, 5.41) is 6.61. The Kier molecular flexibility index (Phi) is 11.1. The standard InChI is InChI=1S/C16H28N4.HI/c1-5-12-18-16(17-2)19-13-6-7-14-8-10-15(11-9-14)20(3)4;/h8-11H,5-7,12-13H2,1-4H3,(H2,17,18,19);1H. The lowest BCUT2D eigenvalue weighted by atomic mass is 10.1. The summed E-state index contributed by atoms with van der Waals surface area (Å²) in [5.41, 5.74) is 2.63. The number of benzene rings is 1. The van der Waals surface area contributed by atoms with E-state index in [9.17, 15) is 0 Å². The topological polar surface area (TPSA) is 39.7 Å². The van der Waals surface area contributed by atoms with Gasteiger partial charge in [-0.1, -0.05) is 19.1 Å². The zero-order chi connectivity index (χ0) is 14.8. The molecular weight excluding hydrogens is 375 g/mol. The molecule has 0 saturated heterocycles. The SMILES string of the molecule is CCCNC(=NC)NCCCc1ccc(N(C)C)cc1.I. The second-order valence-corrected chi connectivity index (χ2v) is 5.09. The minimum absolute atomic E-state index is 0. The highest BCUT2D eigenvalue weighted by atomic mass is 127. The summed E-state index contributed by atoms with van der Waals surface area (Å²) in [7, 11) is 5.94. The van der Waals surface area contributed by atoms with E-state index >= 15 is 0 Å². The number of aliphatic imine (C=N–C) groups is 1. The normalized spacial score (nSPS) is 10.8. The smallest absolute Gasteiger partial charge is 0.190 e. The van der Waals surface area contributed by atoms with Gasteiger partial charge in [-0.3, -0.25) is 4.99 Å². The Bertz CT molecular complexity index is 401. The predicted octanol–water partition coefficient (Wildman–Crippen LogP) is 2.88. The molecule has 0 aromatic heterocycles. The molecule has 0 amide bonds. The number of hydrogen-bond donors (Lipinski definition) is 2. The van der Waals surface area contributed by atoms with Crippen LogP contribution >= 0.6 is 24.0 Å². The van der Waals surface area contributed by atoms with Crippen LogP contribution in [0.2, 0.25) is 0 Å². The summed E-state index contributed by atoms with van der Waals surface area (Å²) in [6, 6.07) is 8.76. The van der Waals surface area contributed by atoms with Gasteiger partial charge in [-0.15, -0.1) is 24.0 Å². The summed E-state index contributed by atoms with van der Waals surface area (Å²) in [6.45, 7) is 4.06. The van der Waals surface area contributed by atoms with Crippen molar-refractivity contribution in [2.75, 3.05) is 39.1 Å². The van der Waals surface area contributed by atoms with Crippen molar-refractivity contribution in [1.29, 1.82) is 0 Å². The molecule has 1 aromatic carbocycles. The molecule has 0 aliphatic heterocycles. The van der Waals surface area contributed by atoms with Gasteiger partial charge in [0.05, 0.1) is 0 Å². The van der Waals surface area contributed by atoms with Crippen LogP contribution in [0.5, 0.6) is 0 Å². The van der Waals surface area contributed by atoms with Crippen LogP contribution in [0.1, 0.15) is 25.3 Å². The van der Waals surface area contributed by atoms with Crippen molar-refractivity contribution in [2.45, 2.75) is 26.2 Å². The van der Waals surface area contributed by atoms with Gasteiger partial charge in [0.15, 0.2) is 5.96 Å². The maximum Gasteiger partial charge on any atom is 0.190 e. The highest BCUT2D eigenvalue weighted by molar-refractivity contribution is 14.0. The van der Waals surface area contributed by atoms with Gasteiger partial charge in [0, 0.05) is 39.9 Å². The fraction of sp³-hybridized carbons (Fsp3) is 0.562. The first-order valence-electron chi connectivity index (χ1n) is 7.38. The number of hydrogen-bond acceptors (Lipinski definition) is 2. The zero-order valence-electron chi connectivity index (χ0n) is 13.6. The predicted molar refractivity (Wildman–Crippen MR) is 104 cm³/mol. The molecule has 0 fully saturated rings. The van der Waals surface area contributed by atoms with Crippen LogP contribution in [0.4, 0.5) is 5.69 Å². The maximum atomic E-state index is 4.19. The molecule has 0 spiro atoms. The average molecular weight is 404 g/mol.